The molecular formula is C12H25N2O4P. The van der Waals surface area contributed by atoms with Crippen molar-refractivity contribution in [2.45, 2.75) is 39.5 Å². The van der Waals surface area contributed by atoms with Gasteiger partial charge in [-0.2, -0.15) is 0 Å². The summed E-state index contributed by atoms with van der Waals surface area (Å²) in [4.78, 5) is 13.9. The highest BCUT2D eigenvalue weighted by Gasteiger charge is 2.07. The minimum atomic E-state index is -4.00. The fraction of sp³-hybridized carbons (Fsp3) is 0.750. The van der Waals surface area contributed by atoms with E-state index >= 15 is 0 Å². The number of phosphoric acid groups is 1. The predicted octanol–water partition coefficient (Wildman–Crippen LogP) is 1.93. The Labute approximate surface area is 115 Å². The highest BCUT2D eigenvalue weighted by Crippen LogP contribution is 2.38. The van der Waals surface area contributed by atoms with E-state index in [9.17, 15) is 9.46 Å². The fourth-order valence-electron chi connectivity index (χ4n) is 1.04. The molecule has 1 rings (SSSR count). The molecule has 0 aliphatic carbocycles. The zero-order valence-electron chi connectivity index (χ0n) is 12.0. The largest absolute Gasteiger partial charge is 0.756 e. The number of nitrogens with one attached hydrogen (secondary N) is 1. The molecule has 0 aliphatic rings. The summed E-state index contributed by atoms with van der Waals surface area (Å²) in [6.45, 7) is 4.39. The van der Waals surface area contributed by atoms with E-state index in [0.717, 1.165) is 25.7 Å². The number of rotatable bonds is 8. The molecule has 112 valence electrons. The van der Waals surface area contributed by atoms with E-state index < -0.39 is 7.82 Å². The summed E-state index contributed by atoms with van der Waals surface area (Å²) < 4.78 is 22.1. The number of hydrogen-bond donors (Lipinski definition) is 1. The molecule has 19 heavy (non-hydrogen) atoms. The van der Waals surface area contributed by atoms with E-state index in [1.807, 2.05) is 44.2 Å². The summed E-state index contributed by atoms with van der Waals surface area (Å²) in [5.74, 6) is 0. The quantitative estimate of drug-likeness (QED) is 0.451. The van der Waals surface area contributed by atoms with Gasteiger partial charge in [0.05, 0.1) is 20.3 Å². The van der Waals surface area contributed by atoms with E-state index in [1.165, 1.54) is 0 Å². The zero-order chi connectivity index (χ0) is 14.6. The van der Waals surface area contributed by atoms with Gasteiger partial charge in [0.25, 0.3) is 7.82 Å². The molecule has 0 amide bonds. The highest BCUT2D eigenvalue weighted by atomic mass is 31.2. The molecule has 0 aromatic carbocycles. The smallest absolute Gasteiger partial charge is 0.267 e. The van der Waals surface area contributed by atoms with E-state index in [4.69, 9.17) is 0 Å². The monoisotopic (exact) mass is 292 g/mol. The summed E-state index contributed by atoms with van der Waals surface area (Å²) in [5.41, 5.74) is 0. The molecule has 1 aromatic heterocycles. The molecule has 0 unspecified atom stereocenters. The molecule has 1 heterocycles. The third-order valence-corrected chi connectivity index (χ3v) is 3.18. The lowest BCUT2D eigenvalue weighted by molar-refractivity contribution is -0.670. The number of hydrogen-bond acceptors (Lipinski definition) is 4. The number of aryl methyl sites for hydroxylation is 1. The second kappa shape index (κ2) is 11.2. The average Bonchev–Trinajstić information content (AvgIpc) is 2.81. The number of H-pyrrole nitrogens is 1. The number of aromatic nitrogens is 2. The topological polar surface area (TPSA) is 78.3 Å². The SMILES string of the molecule is CCCCOP(=O)([O-])OCCCC.C[n+]1cc[nH]c1. The van der Waals surface area contributed by atoms with Crippen molar-refractivity contribution < 1.29 is 23.1 Å². The lowest BCUT2D eigenvalue weighted by atomic mass is 10.4. The van der Waals surface area contributed by atoms with Crippen molar-refractivity contribution in [2.75, 3.05) is 13.2 Å². The van der Waals surface area contributed by atoms with Crippen LogP contribution >= 0.6 is 7.82 Å². The minimum Gasteiger partial charge on any atom is -0.756 e. The van der Waals surface area contributed by atoms with Gasteiger partial charge >= 0.3 is 0 Å². The molecule has 7 heteroatoms. The number of phosphoric ester groups is 1. The summed E-state index contributed by atoms with van der Waals surface area (Å²) in [5, 5.41) is 0. The van der Waals surface area contributed by atoms with Gasteiger partial charge in [0.15, 0.2) is 0 Å². The Hall–Kier alpha value is -0.680. The van der Waals surface area contributed by atoms with Gasteiger partial charge in [0, 0.05) is 0 Å². The van der Waals surface area contributed by atoms with E-state index in [-0.39, 0.29) is 13.2 Å². The van der Waals surface area contributed by atoms with Gasteiger partial charge in [0.2, 0.25) is 6.33 Å². The lowest BCUT2D eigenvalue weighted by Crippen LogP contribution is -2.22. The maximum absolute atomic E-state index is 11.0. The van der Waals surface area contributed by atoms with E-state index in [1.54, 1.807) is 0 Å². The van der Waals surface area contributed by atoms with Crippen LogP contribution in [0.3, 0.4) is 0 Å². The molecule has 1 N–H and O–H groups in total. The number of imidazole rings is 1. The standard InChI is InChI=1S/C8H19O4P.C4H6N2/c1-3-5-7-11-13(9,10)12-8-6-4-2;1-6-3-2-5-4-6/h3-8H2,1-2H3,(H,9,10);2-4H,1H3. The third kappa shape index (κ3) is 12.1. The van der Waals surface area contributed by atoms with Crippen molar-refractivity contribution in [1.29, 1.82) is 0 Å². The van der Waals surface area contributed by atoms with Crippen LogP contribution in [0.5, 0.6) is 0 Å². The summed E-state index contributed by atoms with van der Waals surface area (Å²) >= 11 is 0. The van der Waals surface area contributed by atoms with Crippen LogP contribution in [0.25, 0.3) is 0 Å². The Kier molecular flexibility index (Phi) is 10.8. The van der Waals surface area contributed by atoms with Crippen LogP contribution in [0, 0.1) is 0 Å². The molecule has 6 nitrogen and oxygen atoms in total. The van der Waals surface area contributed by atoms with Crippen molar-refractivity contribution in [3.05, 3.63) is 18.7 Å². The lowest BCUT2D eigenvalue weighted by Gasteiger charge is -2.22. The summed E-state index contributed by atoms with van der Waals surface area (Å²) in [6, 6.07) is 0. The van der Waals surface area contributed by atoms with Gasteiger partial charge in [-0.25, -0.2) is 4.57 Å². The first-order valence-electron chi connectivity index (χ1n) is 6.60. The number of unbranched alkanes of at least 4 members (excludes halogenated alkanes) is 2. The molecule has 0 fully saturated rings. The van der Waals surface area contributed by atoms with Crippen LogP contribution in [0.15, 0.2) is 18.7 Å². The zero-order valence-corrected chi connectivity index (χ0v) is 12.9. The Morgan fingerprint density at radius 2 is 1.74 bits per heavy atom. The van der Waals surface area contributed by atoms with Gasteiger partial charge in [0.1, 0.15) is 12.4 Å². The van der Waals surface area contributed by atoms with Gasteiger partial charge < -0.3 is 13.9 Å². The normalized spacial score (nSPS) is 10.9. The van der Waals surface area contributed by atoms with Crippen LogP contribution in [-0.2, 0) is 20.7 Å². The Morgan fingerprint density at radius 3 is 2.00 bits per heavy atom. The van der Waals surface area contributed by atoms with Crippen molar-refractivity contribution in [3.8, 4) is 0 Å². The maximum atomic E-state index is 11.0. The highest BCUT2D eigenvalue weighted by molar-refractivity contribution is 7.45. The Morgan fingerprint density at radius 1 is 1.21 bits per heavy atom. The number of nitrogens with zero attached hydrogens (tertiary/aromatic N) is 1. The first-order valence-corrected chi connectivity index (χ1v) is 8.06. The molecule has 1 aromatic rings. The Balaban J connectivity index is 0.000000443. The average molecular weight is 292 g/mol. The number of aromatic amines is 1. The van der Waals surface area contributed by atoms with E-state index in [2.05, 4.69) is 14.0 Å². The van der Waals surface area contributed by atoms with Crippen LogP contribution < -0.4 is 9.46 Å². The fourth-order valence-corrected chi connectivity index (χ4v) is 1.82. The van der Waals surface area contributed by atoms with Gasteiger partial charge in [-0.3, -0.25) is 9.55 Å². The van der Waals surface area contributed by atoms with Crippen molar-refractivity contribution >= 4 is 7.82 Å². The van der Waals surface area contributed by atoms with Crippen LogP contribution in [0.1, 0.15) is 39.5 Å². The molecule has 0 spiro atoms. The maximum Gasteiger partial charge on any atom is 0.267 e. The van der Waals surface area contributed by atoms with Gasteiger partial charge in [-0.15, -0.1) is 0 Å². The summed E-state index contributed by atoms with van der Waals surface area (Å²) in [7, 11) is -2.03. The first-order chi connectivity index (χ1) is 9.02. The molecule has 0 saturated carbocycles. The molecule has 0 saturated heterocycles. The molecule has 0 radical (unpaired) electrons. The molecule has 0 aliphatic heterocycles. The van der Waals surface area contributed by atoms with Crippen LogP contribution in [0.4, 0.5) is 0 Å². The van der Waals surface area contributed by atoms with E-state index in [0.29, 0.717) is 0 Å². The van der Waals surface area contributed by atoms with Gasteiger partial charge in [-0.1, -0.05) is 26.7 Å². The first kappa shape index (κ1) is 18.3. The van der Waals surface area contributed by atoms with Gasteiger partial charge in [-0.05, 0) is 12.8 Å². The molecule has 0 bridgehead atoms. The minimum absolute atomic E-state index is 0.226. The second-order valence-corrected chi connectivity index (χ2v) is 5.51. The third-order valence-electron chi connectivity index (χ3n) is 2.18. The summed E-state index contributed by atoms with van der Waals surface area (Å²) in [6.07, 6.45) is 9.00. The Bertz CT molecular complexity index is 330. The van der Waals surface area contributed by atoms with Crippen LogP contribution in [-0.4, -0.2) is 18.2 Å². The predicted molar refractivity (Wildman–Crippen MR) is 71.3 cm³/mol. The van der Waals surface area contributed by atoms with Crippen molar-refractivity contribution in [2.24, 2.45) is 7.05 Å². The van der Waals surface area contributed by atoms with Crippen LogP contribution in [0.2, 0.25) is 0 Å². The molecular weight excluding hydrogens is 267 g/mol. The second-order valence-electron chi connectivity index (χ2n) is 4.10. The van der Waals surface area contributed by atoms with Crippen molar-refractivity contribution in [1.82, 2.24) is 4.98 Å². The van der Waals surface area contributed by atoms with Crippen molar-refractivity contribution in [3.63, 3.8) is 0 Å². The molecule has 0 atom stereocenters.